The molecule has 7 heteroatoms. The lowest BCUT2D eigenvalue weighted by Gasteiger charge is -2.13. The number of anilines is 1. The zero-order valence-electron chi connectivity index (χ0n) is 13.7. The predicted molar refractivity (Wildman–Crippen MR) is 101 cm³/mol. The molecule has 1 aliphatic rings. The fourth-order valence-corrected chi connectivity index (χ4v) is 3.44. The van der Waals surface area contributed by atoms with Crippen molar-refractivity contribution < 1.29 is 14.3 Å². The number of rotatable bonds is 3. The molecule has 2 amide bonds. The van der Waals surface area contributed by atoms with Crippen LogP contribution in [0.5, 0.6) is 5.75 Å². The Balaban J connectivity index is 1.68. The molecule has 3 aromatic rings. The zero-order valence-corrected chi connectivity index (χ0v) is 14.6. The second-order valence-electron chi connectivity index (χ2n) is 5.50. The van der Waals surface area contributed by atoms with Gasteiger partial charge in [-0.3, -0.25) is 14.6 Å². The molecule has 0 N–H and O–H groups in total. The first kappa shape index (κ1) is 16.3. The first-order chi connectivity index (χ1) is 12.7. The van der Waals surface area contributed by atoms with Crippen molar-refractivity contribution in [2.75, 3.05) is 12.0 Å². The Kier molecular flexibility index (Phi) is 4.14. The van der Waals surface area contributed by atoms with E-state index in [4.69, 9.17) is 4.74 Å². The van der Waals surface area contributed by atoms with Gasteiger partial charge in [0.1, 0.15) is 5.75 Å². The average molecular weight is 363 g/mol. The van der Waals surface area contributed by atoms with Crippen molar-refractivity contribution in [2.24, 2.45) is 0 Å². The van der Waals surface area contributed by atoms with Crippen LogP contribution < -0.4 is 9.64 Å². The minimum absolute atomic E-state index is 0.308. The van der Waals surface area contributed by atoms with Crippen LogP contribution in [0.2, 0.25) is 0 Å². The number of hydrogen-bond acceptors (Lipinski definition) is 6. The van der Waals surface area contributed by atoms with Gasteiger partial charge in [0, 0.05) is 6.07 Å². The van der Waals surface area contributed by atoms with Gasteiger partial charge in [-0.2, -0.15) is 0 Å². The summed E-state index contributed by atoms with van der Waals surface area (Å²) in [5.74, 6) is 0.189. The molecule has 0 spiro atoms. The molecule has 0 atom stereocenters. The number of ether oxygens (including phenoxy) is 1. The largest absolute Gasteiger partial charge is 0.497 e. The lowest BCUT2D eigenvalue weighted by molar-refractivity contribution is -0.113. The Morgan fingerprint density at radius 2 is 1.88 bits per heavy atom. The van der Waals surface area contributed by atoms with Crippen LogP contribution >= 0.6 is 11.8 Å². The molecular formula is C19H13N3O3S. The van der Waals surface area contributed by atoms with Gasteiger partial charge >= 0.3 is 0 Å². The van der Waals surface area contributed by atoms with Gasteiger partial charge in [-0.05, 0) is 42.1 Å². The molecule has 0 unspecified atom stereocenters. The topological polar surface area (TPSA) is 72.4 Å². The van der Waals surface area contributed by atoms with Crippen LogP contribution in [-0.2, 0) is 4.79 Å². The Hall–Kier alpha value is -3.19. The van der Waals surface area contributed by atoms with Crippen molar-refractivity contribution in [3.8, 4) is 5.75 Å². The monoisotopic (exact) mass is 363 g/mol. The van der Waals surface area contributed by atoms with E-state index < -0.39 is 0 Å². The maximum atomic E-state index is 12.7. The van der Waals surface area contributed by atoms with E-state index in [1.165, 1.54) is 7.11 Å². The molecule has 4 rings (SSSR count). The molecule has 2 aromatic carbocycles. The summed E-state index contributed by atoms with van der Waals surface area (Å²) < 4.78 is 5.16. The van der Waals surface area contributed by atoms with E-state index in [1.54, 1.807) is 36.5 Å². The average Bonchev–Trinajstić information content (AvgIpc) is 2.95. The van der Waals surface area contributed by atoms with Gasteiger partial charge in [0.25, 0.3) is 11.1 Å². The highest BCUT2D eigenvalue weighted by Gasteiger charge is 2.36. The molecule has 1 saturated heterocycles. The minimum Gasteiger partial charge on any atom is -0.497 e. The number of para-hydroxylation sites is 2. The number of imide groups is 1. The quantitative estimate of drug-likeness (QED) is 0.658. The smallest absolute Gasteiger partial charge is 0.298 e. The molecule has 1 fully saturated rings. The molecule has 0 radical (unpaired) electrons. The molecule has 0 aliphatic carbocycles. The maximum absolute atomic E-state index is 12.7. The second kappa shape index (κ2) is 6.61. The van der Waals surface area contributed by atoms with Gasteiger partial charge in [0.2, 0.25) is 0 Å². The van der Waals surface area contributed by atoms with Crippen LogP contribution in [0.4, 0.5) is 10.5 Å². The summed E-state index contributed by atoms with van der Waals surface area (Å²) in [6.07, 6.45) is 3.17. The summed E-state index contributed by atoms with van der Waals surface area (Å²) in [5.41, 5.74) is 2.50. The predicted octanol–water partition coefficient (Wildman–Crippen LogP) is 3.88. The summed E-state index contributed by atoms with van der Waals surface area (Å²) in [4.78, 5) is 35.3. The van der Waals surface area contributed by atoms with Gasteiger partial charge in [-0.15, -0.1) is 0 Å². The Morgan fingerprint density at radius 1 is 1.08 bits per heavy atom. The van der Waals surface area contributed by atoms with Crippen LogP contribution in [0.3, 0.4) is 0 Å². The third kappa shape index (κ3) is 2.93. The summed E-state index contributed by atoms with van der Waals surface area (Å²) in [6, 6.07) is 14.3. The maximum Gasteiger partial charge on any atom is 0.298 e. The number of amides is 2. The number of thioether (sulfide) groups is 1. The van der Waals surface area contributed by atoms with Gasteiger partial charge in [-0.1, -0.05) is 18.2 Å². The molecular weight excluding hydrogens is 350 g/mol. The van der Waals surface area contributed by atoms with Crippen molar-refractivity contribution in [3.05, 3.63) is 65.3 Å². The summed E-state index contributed by atoms with van der Waals surface area (Å²) >= 11 is 0.880. The Bertz CT molecular complexity index is 1060. The first-order valence-electron chi connectivity index (χ1n) is 7.79. The lowest BCUT2D eigenvalue weighted by Crippen LogP contribution is -2.27. The van der Waals surface area contributed by atoms with E-state index in [2.05, 4.69) is 9.97 Å². The third-order valence-corrected chi connectivity index (χ3v) is 4.72. The van der Waals surface area contributed by atoms with Gasteiger partial charge in [0.05, 0.1) is 40.6 Å². The fraction of sp³-hybridized carbons (Fsp3) is 0.0526. The van der Waals surface area contributed by atoms with Crippen molar-refractivity contribution in [2.45, 2.75) is 0 Å². The number of nitrogens with zero attached hydrogens (tertiary/aromatic N) is 3. The second-order valence-corrected chi connectivity index (χ2v) is 6.50. The van der Waals surface area contributed by atoms with E-state index in [-0.39, 0.29) is 11.1 Å². The van der Waals surface area contributed by atoms with Crippen LogP contribution in [0.1, 0.15) is 5.69 Å². The minimum atomic E-state index is -0.386. The molecule has 6 nitrogen and oxygen atoms in total. The van der Waals surface area contributed by atoms with E-state index in [0.717, 1.165) is 27.7 Å². The molecule has 2 heterocycles. The van der Waals surface area contributed by atoms with Crippen LogP contribution in [0, 0.1) is 0 Å². The standard InChI is InChI=1S/C19H13N3O3S/c1-25-14-6-4-5-13(10-14)22-18(23)17(26-19(22)24)9-12-11-20-15-7-2-3-8-16(15)21-12/h2-11H,1H3/b17-9-. The van der Waals surface area contributed by atoms with Crippen molar-refractivity contribution in [3.63, 3.8) is 0 Å². The number of carbonyl (C=O) groups is 2. The van der Waals surface area contributed by atoms with E-state index >= 15 is 0 Å². The highest BCUT2D eigenvalue weighted by molar-refractivity contribution is 8.19. The summed E-state index contributed by atoms with van der Waals surface area (Å²) in [5, 5.41) is -0.358. The van der Waals surface area contributed by atoms with Crippen molar-refractivity contribution in [1.29, 1.82) is 0 Å². The van der Waals surface area contributed by atoms with Gasteiger partial charge in [0.15, 0.2) is 0 Å². The van der Waals surface area contributed by atoms with Crippen molar-refractivity contribution >= 4 is 45.7 Å². The highest BCUT2D eigenvalue weighted by atomic mass is 32.2. The number of carbonyl (C=O) groups excluding carboxylic acids is 2. The first-order valence-corrected chi connectivity index (χ1v) is 8.61. The highest BCUT2D eigenvalue weighted by Crippen LogP contribution is 2.36. The van der Waals surface area contributed by atoms with E-state index in [9.17, 15) is 9.59 Å². The number of hydrogen-bond donors (Lipinski definition) is 0. The molecule has 128 valence electrons. The number of benzene rings is 2. The molecule has 0 saturated carbocycles. The molecule has 26 heavy (non-hydrogen) atoms. The van der Waals surface area contributed by atoms with Gasteiger partial charge in [-0.25, -0.2) is 9.88 Å². The van der Waals surface area contributed by atoms with Crippen LogP contribution in [-0.4, -0.2) is 28.2 Å². The Labute approximate surface area is 153 Å². The van der Waals surface area contributed by atoms with E-state index in [1.807, 2.05) is 24.3 Å². The van der Waals surface area contributed by atoms with Crippen molar-refractivity contribution in [1.82, 2.24) is 9.97 Å². The van der Waals surface area contributed by atoms with Crippen LogP contribution in [0.15, 0.2) is 59.6 Å². The third-order valence-electron chi connectivity index (χ3n) is 3.85. The number of aromatic nitrogens is 2. The number of methoxy groups -OCH3 is 1. The SMILES string of the molecule is COc1cccc(N2C(=O)S/C(=C\c3cnc4ccccc4n3)C2=O)c1. The lowest BCUT2D eigenvalue weighted by atomic mass is 10.2. The fourth-order valence-electron chi connectivity index (χ4n) is 2.62. The molecule has 0 bridgehead atoms. The summed E-state index contributed by atoms with van der Waals surface area (Å²) in [6.45, 7) is 0. The number of fused-ring (bicyclic) bond motifs is 1. The summed E-state index contributed by atoms with van der Waals surface area (Å²) in [7, 11) is 1.53. The normalized spacial score (nSPS) is 15.9. The zero-order chi connectivity index (χ0) is 18.1. The molecule has 1 aliphatic heterocycles. The Morgan fingerprint density at radius 3 is 2.69 bits per heavy atom. The van der Waals surface area contributed by atoms with Crippen LogP contribution in [0.25, 0.3) is 17.1 Å². The van der Waals surface area contributed by atoms with E-state index in [0.29, 0.717) is 22.0 Å². The molecule has 1 aromatic heterocycles. The van der Waals surface area contributed by atoms with Gasteiger partial charge < -0.3 is 4.74 Å².